The number of carbonyl (C=O) groups is 1. The second kappa shape index (κ2) is 5.13. The lowest BCUT2D eigenvalue weighted by molar-refractivity contribution is 0.0600. The van der Waals surface area contributed by atoms with E-state index < -0.39 is 0 Å². The normalized spacial score (nSPS) is 10.7. The number of hydrogen-bond acceptors (Lipinski definition) is 4. The predicted octanol–water partition coefficient (Wildman–Crippen LogP) is 2.27. The predicted molar refractivity (Wildman–Crippen MR) is 74.4 cm³/mol. The fourth-order valence-corrected chi connectivity index (χ4v) is 2.06. The van der Waals surface area contributed by atoms with Crippen molar-refractivity contribution < 1.29 is 9.53 Å². The smallest absolute Gasteiger partial charge is 0.339 e. The summed E-state index contributed by atoms with van der Waals surface area (Å²) < 4.78 is 6.53. The van der Waals surface area contributed by atoms with Crippen LogP contribution in [0.1, 0.15) is 16.1 Å². The van der Waals surface area contributed by atoms with Crippen molar-refractivity contribution in [3.05, 3.63) is 60.0 Å². The fraction of sp³-hybridized carbons (Fsp3) is 0.133. The topological polar surface area (TPSA) is 57.0 Å². The summed E-state index contributed by atoms with van der Waals surface area (Å²) in [5, 5.41) is 5.45. The molecule has 0 atom stereocenters. The Bertz CT molecular complexity index is 747. The van der Waals surface area contributed by atoms with Crippen LogP contribution in [0.3, 0.4) is 0 Å². The summed E-state index contributed by atoms with van der Waals surface area (Å²) in [5.74, 6) is -0.381. The highest BCUT2D eigenvalue weighted by molar-refractivity contribution is 5.88. The molecule has 3 aromatic rings. The van der Waals surface area contributed by atoms with Crippen molar-refractivity contribution in [1.82, 2.24) is 14.8 Å². The number of fused-ring (bicyclic) bond motifs is 1. The lowest BCUT2D eigenvalue weighted by atomic mass is 10.2. The standard InChI is InChI=1S/C15H13N3O2/c1-20-15(19)12-6-7-13(16-8-12)10-18-14-5-3-2-4-11(14)9-17-18/h2-9H,10H2,1H3. The first-order valence-electron chi connectivity index (χ1n) is 6.22. The molecule has 0 aliphatic carbocycles. The number of hydrogen-bond donors (Lipinski definition) is 0. The van der Waals surface area contributed by atoms with Gasteiger partial charge in [-0.05, 0) is 18.2 Å². The molecule has 0 bridgehead atoms. The van der Waals surface area contributed by atoms with Crippen LogP contribution in [-0.2, 0) is 11.3 Å². The summed E-state index contributed by atoms with van der Waals surface area (Å²) in [6, 6.07) is 11.5. The second-order valence-electron chi connectivity index (χ2n) is 4.39. The summed E-state index contributed by atoms with van der Waals surface area (Å²) in [5.41, 5.74) is 2.35. The Balaban J connectivity index is 1.86. The summed E-state index contributed by atoms with van der Waals surface area (Å²) in [4.78, 5) is 15.6. The molecule has 2 aromatic heterocycles. The number of pyridine rings is 1. The average molecular weight is 267 g/mol. The van der Waals surface area contributed by atoms with Crippen molar-refractivity contribution in [3.8, 4) is 0 Å². The molecule has 3 rings (SSSR count). The zero-order chi connectivity index (χ0) is 13.9. The molecule has 100 valence electrons. The number of nitrogens with zero attached hydrogens (tertiary/aromatic N) is 3. The van der Waals surface area contributed by atoms with Crippen LogP contribution < -0.4 is 0 Å². The number of methoxy groups -OCH3 is 1. The molecular weight excluding hydrogens is 254 g/mol. The minimum atomic E-state index is -0.381. The molecule has 0 fully saturated rings. The van der Waals surface area contributed by atoms with E-state index in [9.17, 15) is 4.79 Å². The number of rotatable bonds is 3. The minimum absolute atomic E-state index is 0.381. The zero-order valence-corrected chi connectivity index (χ0v) is 11.0. The molecule has 0 unspecified atom stereocenters. The Morgan fingerprint density at radius 2 is 2.05 bits per heavy atom. The number of benzene rings is 1. The van der Waals surface area contributed by atoms with Gasteiger partial charge in [0.15, 0.2) is 0 Å². The highest BCUT2D eigenvalue weighted by Gasteiger charge is 2.07. The minimum Gasteiger partial charge on any atom is -0.465 e. The van der Waals surface area contributed by atoms with E-state index >= 15 is 0 Å². The largest absolute Gasteiger partial charge is 0.465 e. The first-order chi connectivity index (χ1) is 9.78. The van der Waals surface area contributed by atoms with Crippen LogP contribution in [0.25, 0.3) is 10.9 Å². The van der Waals surface area contributed by atoms with E-state index in [1.807, 2.05) is 41.2 Å². The number of aromatic nitrogens is 3. The number of carbonyl (C=O) groups excluding carboxylic acids is 1. The zero-order valence-electron chi connectivity index (χ0n) is 11.0. The van der Waals surface area contributed by atoms with E-state index in [-0.39, 0.29) is 5.97 Å². The molecule has 5 nitrogen and oxygen atoms in total. The van der Waals surface area contributed by atoms with E-state index in [2.05, 4.69) is 14.8 Å². The lowest BCUT2D eigenvalue weighted by Crippen LogP contribution is -2.06. The molecule has 0 saturated heterocycles. The summed E-state index contributed by atoms with van der Waals surface area (Å²) in [7, 11) is 1.35. The Morgan fingerprint density at radius 3 is 2.80 bits per heavy atom. The van der Waals surface area contributed by atoms with Gasteiger partial charge < -0.3 is 4.74 Å². The van der Waals surface area contributed by atoms with Gasteiger partial charge in [0.25, 0.3) is 0 Å². The van der Waals surface area contributed by atoms with Crippen LogP contribution in [0, 0.1) is 0 Å². The van der Waals surface area contributed by atoms with Crippen LogP contribution >= 0.6 is 0 Å². The Kier molecular flexibility index (Phi) is 3.16. The first kappa shape index (κ1) is 12.3. The van der Waals surface area contributed by atoms with Crippen molar-refractivity contribution >= 4 is 16.9 Å². The van der Waals surface area contributed by atoms with Gasteiger partial charge in [-0.1, -0.05) is 18.2 Å². The van der Waals surface area contributed by atoms with Gasteiger partial charge in [0, 0.05) is 11.6 Å². The van der Waals surface area contributed by atoms with Crippen LogP contribution in [-0.4, -0.2) is 27.8 Å². The highest BCUT2D eigenvalue weighted by Crippen LogP contribution is 2.14. The van der Waals surface area contributed by atoms with Crippen molar-refractivity contribution in [2.45, 2.75) is 6.54 Å². The van der Waals surface area contributed by atoms with E-state index in [0.717, 1.165) is 16.6 Å². The molecule has 0 amide bonds. The number of ether oxygens (including phenoxy) is 1. The van der Waals surface area contributed by atoms with Gasteiger partial charge in [0.05, 0.1) is 36.6 Å². The third-order valence-electron chi connectivity index (χ3n) is 3.11. The van der Waals surface area contributed by atoms with Crippen molar-refractivity contribution in [3.63, 3.8) is 0 Å². The molecule has 0 radical (unpaired) electrons. The van der Waals surface area contributed by atoms with Crippen molar-refractivity contribution in [2.24, 2.45) is 0 Å². The highest BCUT2D eigenvalue weighted by atomic mass is 16.5. The Hall–Kier alpha value is -2.69. The molecule has 5 heteroatoms. The van der Waals surface area contributed by atoms with Crippen LogP contribution in [0.15, 0.2) is 48.8 Å². The third-order valence-corrected chi connectivity index (χ3v) is 3.11. The van der Waals surface area contributed by atoms with Crippen LogP contribution in [0.2, 0.25) is 0 Å². The molecule has 20 heavy (non-hydrogen) atoms. The van der Waals surface area contributed by atoms with E-state index in [1.54, 1.807) is 6.07 Å². The van der Waals surface area contributed by atoms with Gasteiger partial charge in [0.1, 0.15) is 0 Å². The SMILES string of the molecule is COC(=O)c1ccc(Cn2ncc3ccccc32)nc1. The van der Waals surface area contributed by atoms with Gasteiger partial charge in [-0.25, -0.2) is 4.79 Å². The summed E-state index contributed by atoms with van der Waals surface area (Å²) in [6.45, 7) is 0.564. The van der Waals surface area contributed by atoms with Crippen LogP contribution in [0.5, 0.6) is 0 Å². The molecule has 1 aromatic carbocycles. The van der Waals surface area contributed by atoms with Gasteiger partial charge >= 0.3 is 5.97 Å². The Labute approximate surface area is 115 Å². The maximum atomic E-state index is 11.3. The first-order valence-corrected chi connectivity index (χ1v) is 6.22. The third kappa shape index (κ3) is 2.25. The quantitative estimate of drug-likeness (QED) is 0.683. The van der Waals surface area contributed by atoms with Gasteiger partial charge in [-0.2, -0.15) is 5.10 Å². The number of para-hydroxylation sites is 1. The van der Waals surface area contributed by atoms with Crippen LogP contribution in [0.4, 0.5) is 0 Å². The maximum absolute atomic E-state index is 11.3. The number of esters is 1. The molecule has 0 saturated carbocycles. The molecule has 0 spiro atoms. The monoisotopic (exact) mass is 267 g/mol. The lowest BCUT2D eigenvalue weighted by Gasteiger charge is -2.04. The molecule has 2 heterocycles. The molecule has 0 aliphatic rings. The molecule has 0 N–H and O–H groups in total. The van der Waals surface area contributed by atoms with E-state index in [4.69, 9.17) is 0 Å². The van der Waals surface area contributed by atoms with E-state index in [1.165, 1.54) is 13.3 Å². The fourth-order valence-electron chi connectivity index (χ4n) is 2.06. The molecular formula is C15H13N3O2. The molecule has 0 aliphatic heterocycles. The summed E-state index contributed by atoms with van der Waals surface area (Å²) >= 11 is 0. The van der Waals surface area contributed by atoms with Gasteiger partial charge in [-0.15, -0.1) is 0 Å². The maximum Gasteiger partial charge on any atom is 0.339 e. The van der Waals surface area contributed by atoms with Gasteiger partial charge in [0.2, 0.25) is 0 Å². The van der Waals surface area contributed by atoms with Crippen molar-refractivity contribution in [2.75, 3.05) is 7.11 Å². The van der Waals surface area contributed by atoms with Gasteiger partial charge in [-0.3, -0.25) is 9.67 Å². The second-order valence-corrected chi connectivity index (χ2v) is 4.39. The average Bonchev–Trinajstić information content (AvgIpc) is 2.91. The van der Waals surface area contributed by atoms with Crippen molar-refractivity contribution in [1.29, 1.82) is 0 Å². The van der Waals surface area contributed by atoms with E-state index in [0.29, 0.717) is 12.1 Å². The Morgan fingerprint density at radius 1 is 1.20 bits per heavy atom. The summed E-state index contributed by atoms with van der Waals surface area (Å²) in [6.07, 6.45) is 3.35.